The first-order valence-electron chi connectivity index (χ1n) is 13.0. The van der Waals surface area contributed by atoms with E-state index < -0.39 is 10.1 Å². The van der Waals surface area contributed by atoms with Crippen LogP contribution in [-0.4, -0.2) is 44.6 Å². The van der Waals surface area contributed by atoms with Gasteiger partial charge < -0.3 is 0 Å². The Hall–Kier alpha value is -0.390. The first-order chi connectivity index (χ1) is 15.6. The SMILES string of the molecule is CCCCCCCCCCCCCCCCCCOS(=O)(=O)c1cccc2ccccc12.[NaH]. The third kappa shape index (κ3) is 12.8. The quantitative estimate of drug-likeness (QED) is 0.115. The van der Waals surface area contributed by atoms with Crippen LogP contribution in [0, 0.1) is 0 Å². The molecule has 0 heterocycles. The molecule has 3 nitrogen and oxygen atoms in total. The average Bonchev–Trinajstić information content (AvgIpc) is 2.80. The van der Waals surface area contributed by atoms with Crippen molar-refractivity contribution in [3.05, 3.63) is 42.5 Å². The van der Waals surface area contributed by atoms with Crippen molar-refractivity contribution in [2.75, 3.05) is 6.61 Å². The summed E-state index contributed by atoms with van der Waals surface area (Å²) in [6.45, 7) is 2.54. The van der Waals surface area contributed by atoms with Gasteiger partial charge in [-0.15, -0.1) is 0 Å². The summed E-state index contributed by atoms with van der Waals surface area (Å²) < 4.78 is 30.5. The summed E-state index contributed by atoms with van der Waals surface area (Å²) in [4.78, 5) is 0.270. The van der Waals surface area contributed by atoms with Crippen LogP contribution in [0.4, 0.5) is 0 Å². The third-order valence-corrected chi connectivity index (χ3v) is 7.63. The van der Waals surface area contributed by atoms with Crippen LogP contribution in [0.5, 0.6) is 0 Å². The summed E-state index contributed by atoms with van der Waals surface area (Å²) in [7, 11) is -3.71. The van der Waals surface area contributed by atoms with Gasteiger partial charge in [-0.05, 0) is 17.9 Å². The second-order valence-electron chi connectivity index (χ2n) is 9.06. The van der Waals surface area contributed by atoms with Crippen molar-refractivity contribution in [2.24, 2.45) is 0 Å². The van der Waals surface area contributed by atoms with Crippen LogP contribution >= 0.6 is 0 Å². The molecule has 0 unspecified atom stereocenters. The molecule has 5 heteroatoms. The Morgan fingerprint density at radius 3 is 1.61 bits per heavy atom. The summed E-state index contributed by atoms with van der Waals surface area (Å²) in [5.74, 6) is 0. The Kier molecular flexibility index (Phi) is 17.5. The molecule has 0 amide bonds. The van der Waals surface area contributed by atoms with E-state index in [4.69, 9.17) is 4.18 Å². The van der Waals surface area contributed by atoms with Gasteiger partial charge in [0.25, 0.3) is 10.1 Å². The van der Waals surface area contributed by atoms with E-state index in [-0.39, 0.29) is 41.1 Å². The van der Waals surface area contributed by atoms with Crippen LogP contribution in [-0.2, 0) is 14.3 Å². The number of hydrogen-bond donors (Lipinski definition) is 0. The predicted molar refractivity (Wildman–Crippen MR) is 144 cm³/mol. The molecular weight excluding hydrogens is 439 g/mol. The van der Waals surface area contributed by atoms with Gasteiger partial charge in [0.15, 0.2) is 0 Å². The van der Waals surface area contributed by atoms with Gasteiger partial charge >= 0.3 is 29.6 Å². The van der Waals surface area contributed by atoms with Crippen LogP contribution in [0.15, 0.2) is 47.4 Å². The van der Waals surface area contributed by atoms with Crippen molar-refractivity contribution in [2.45, 2.75) is 115 Å². The molecule has 0 bridgehead atoms. The van der Waals surface area contributed by atoms with Gasteiger partial charge in [0.1, 0.15) is 4.90 Å². The van der Waals surface area contributed by atoms with E-state index >= 15 is 0 Å². The van der Waals surface area contributed by atoms with Crippen LogP contribution in [0.25, 0.3) is 10.8 Å². The van der Waals surface area contributed by atoms with Crippen molar-refractivity contribution in [1.82, 2.24) is 0 Å². The number of rotatable bonds is 19. The Morgan fingerprint density at radius 2 is 1.06 bits per heavy atom. The molecule has 0 fully saturated rings. The normalized spacial score (nSPS) is 11.5. The van der Waals surface area contributed by atoms with Gasteiger partial charge in [-0.1, -0.05) is 140 Å². The monoisotopic (exact) mass is 484 g/mol. The molecular formula is C28H45NaO3S. The number of unbranched alkanes of at least 4 members (excludes halogenated alkanes) is 15. The minimum atomic E-state index is -3.71. The van der Waals surface area contributed by atoms with E-state index in [1.165, 1.54) is 83.5 Å². The van der Waals surface area contributed by atoms with Crippen LogP contribution in [0.3, 0.4) is 0 Å². The number of fused-ring (bicyclic) bond motifs is 1. The topological polar surface area (TPSA) is 43.4 Å². The van der Waals surface area contributed by atoms with Crippen LogP contribution in [0.1, 0.15) is 110 Å². The van der Waals surface area contributed by atoms with Gasteiger partial charge in [-0.3, -0.25) is 4.18 Å². The zero-order valence-electron chi connectivity index (χ0n) is 20.2. The van der Waals surface area contributed by atoms with Crippen LogP contribution in [0.2, 0.25) is 0 Å². The Bertz CT molecular complexity index is 846. The molecule has 0 N–H and O–H groups in total. The second-order valence-corrected chi connectivity index (χ2v) is 10.6. The number of hydrogen-bond acceptors (Lipinski definition) is 3. The Balaban J connectivity index is 0.00000544. The molecule has 2 aromatic rings. The Morgan fingerprint density at radius 1 is 0.606 bits per heavy atom. The minimum absolute atomic E-state index is 0. The zero-order valence-corrected chi connectivity index (χ0v) is 21.0. The van der Waals surface area contributed by atoms with Crippen molar-refractivity contribution >= 4 is 50.4 Å². The molecule has 0 aliphatic rings. The van der Waals surface area contributed by atoms with Gasteiger partial charge in [-0.25, -0.2) is 0 Å². The average molecular weight is 485 g/mol. The molecule has 33 heavy (non-hydrogen) atoms. The van der Waals surface area contributed by atoms with Crippen molar-refractivity contribution in [3.8, 4) is 0 Å². The maximum absolute atomic E-state index is 12.6. The summed E-state index contributed by atoms with van der Waals surface area (Å²) in [6.07, 6.45) is 20.8. The standard InChI is InChI=1S/C28H44O3S.Na.H/c1-2-3-4-5-6-7-8-9-10-11-12-13-14-15-16-19-25-31-32(29,30)28-24-20-22-26-21-17-18-23-27(26)28;;/h17-18,20-24H,2-16,19,25H2,1H3;;. The van der Waals surface area contributed by atoms with Crippen molar-refractivity contribution < 1.29 is 12.6 Å². The molecule has 0 saturated heterocycles. The fraction of sp³-hybridized carbons (Fsp3) is 0.643. The molecule has 0 radical (unpaired) electrons. The maximum atomic E-state index is 12.6. The molecule has 0 aliphatic carbocycles. The zero-order chi connectivity index (χ0) is 22.9. The van der Waals surface area contributed by atoms with Crippen molar-refractivity contribution in [1.29, 1.82) is 0 Å². The molecule has 0 spiro atoms. The summed E-state index contributed by atoms with van der Waals surface area (Å²) >= 11 is 0. The van der Waals surface area contributed by atoms with E-state index in [2.05, 4.69) is 6.92 Å². The predicted octanol–water partition coefficient (Wildman–Crippen LogP) is 8.16. The number of benzene rings is 2. The molecule has 0 aromatic heterocycles. The first kappa shape index (κ1) is 30.6. The first-order valence-corrected chi connectivity index (χ1v) is 14.4. The van der Waals surface area contributed by atoms with Crippen molar-refractivity contribution in [3.63, 3.8) is 0 Å². The summed E-state index contributed by atoms with van der Waals surface area (Å²) in [5.41, 5.74) is 0. The summed E-state index contributed by atoms with van der Waals surface area (Å²) in [6, 6.07) is 12.8. The summed E-state index contributed by atoms with van der Waals surface area (Å²) in [5, 5.41) is 1.64. The Labute approximate surface area is 225 Å². The van der Waals surface area contributed by atoms with E-state index in [0.29, 0.717) is 0 Å². The molecule has 0 saturated carbocycles. The van der Waals surface area contributed by atoms with Gasteiger partial charge in [0.05, 0.1) is 6.61 Å². The molecule has 0 atom stereocenters. The molecule has 2 rings (SSSR count). The van der Waals surface area contributed by atoms with E-state index in [9.17, 15) is 8.42 Å². The second kappa shape index (κ2) is 18.9. The van der Waals surface area contributed by atoms with Gasteiger partial charge in [0.2, 0.25) is 0 Å². The van der Waals surface area contributed by atoms with E-state index in [1.54, 1.807) is 12.1 Å². The third-order valence-electron chi connectivity index (χ3n) is 6.26. The van der Waals surface area contributed by atoms with Crippen LogP contribution < -0.4 is 0 Å². The van der Waals surface area contributed by atoms with Gasteiger partial charge in [0, 0.05) is 5.39 Å². The fourth-order valence-corrected chi connectivity index (χ4v) is 5.46. The van der Waals surface area contributed by atoms with Gasteiger partial charge in [-0.2, -0.15) is 8.42 Å². The molecule has 2 aromatic carbocycles. The molecule has 182 valence electrons. The van der Waals surface area contributed by atoms with E-state index in [1.807, 2.05) is 30.3 Å². The molecule has 0 aliphatic heterocycles. The fourth-order valence-electron chi connectivity index (χ4n) is 4.30. The van der Waals surface area contributed by atoms with E-state index in [0.717, 1.165) is 30.0 Å².